The number of anilines is 1. The molecule has 0 bridgehead atoms. The van der Waals surface area contributed by atoms with Crippen molar-refractivity contribution >= 4 is 22.5 Å². The number of amides is 1. The number of nitrogens with one attached hydrogen (secondary N) is 1. The van der Waals surface area contributed by atoms with Crippen LogP contribution in [0.25, 0.3) is 10.9 Å². The first-order valence-electron chi connectivity index (χ1n) is 7.22. The summed E-state index contributed by atoms with van der Waals surface area (Å²) in [7, 11) is 1.83. The van der Waals surface area contributed by atoms with Crippen molar-refractivity contribution in [2.45, 2.75) is 13.3 Å². The normalized spacial score (nSPS) is 20.3. The van der Waals surface area contributed by atoms with Crippen molar-refractivity contribution in [3.63, 3.8) is 0 Å². The molecule has 2 atom stereocenters. The fourth-order valence-electron chi connectivity index (χ4n) is 2.69. The van der Waals surface area contributed by atoms with Crippen molar-refractivity contribution in [3.8, 4) is 0 Å². The van der Waals surface area contributed by atoms with E-state index in [2.05, 4.69) is 17.3 Å². The van der Waals surface area contributed by atoms with Crippen molar-refractivity contribution in [2.24, 2.45) is 17.7 Å². The molecule has 3 rings (SSSR count). The van der Waals surface area contributed by atoms with Crippen LogP contribution >= 0.6 is 0 Å². The first kappa shape index (κ1) is 13.8. The number of hydrazine groups is 1. The molecule has 2 aromatic rings. The smallest absolute Gasteiger partial charge is 0.272 e. The molecule has 1 aromatic heterocycles. The molecule has 21 heavy (non-hydrogen) atoms. The second-order valence-corrected chi connectivity index (χ2v) is 5.88. The Balaban J connectivity index is 1.90. The molecule has 2 unspecified atom stereocenters. The molecule has 0 radical (unpaired) electrons. The molecule has 1 amide bonds. The number of rotatable bonds is 4. The summed E-state index contributed by atoms with van der Waals surface area (Å²) in [5.74, 6) is 6.87. The third kappa shape index (κ3) is 2.69. The van der Waals surface area contributed by atoms with Gasteiger partial charge in [0.15, 0.2) is 0 Å². The van der Waals surface area contributed by atoms with Crippen molar-refractivity contribution in [1.82, 2.24) is 9.88 Å². The SMILES string of the molecule is CC1CC1CN(C)C(=O)c1cc(NN)c2ccccc2n1. The second kappa shape index (κ2) is 5.33. The lowest BCUT2D eigenvalue weighted by Gasteiger charge is -2.17. The molecular formula is C16H20N4O. The minimum absolute atomic E-state index is 0.0589. The number of carbonyl (C=O) groups is 1. The molecule has 5 nitrogen and oxygen atoms in total. The first-order valence-corrected chi connectivity index (χ1v) is 7.22. The third-order valence-corrected chi connectivity index (χ3v) is 4.22. The van der Waals surface area contributed by atoms with Crippen molar-refractivity contribution in [3.05, 3.63) is 36.0 Å². The highest BCUT2D eigenvalue weighted by Gasteiger charge is 2.34. The Morgan fingerprint density at radius 3 is 2.86 bits per heavy atom. The van der Waals surface area contributed by atoms with E-state index in [1.165, 1.54) is 6.42 Å². The highest BCUT2D eigenvalue weighted by Crippen LogP contribution is 2.38. The fraction of sp³-hybridized carbons (Fsp3) is 0.375. The summed E-state index contributed by atoms with van der Waals surface area (Å²) in [5.41, 5.74) is 4.57. The highest BCUT2D eigenvalue weighted by atomic mass is 16.2. The summed E-state index contributed by atoms with van der Waals surface area (Å²) in [6.45, 7) is 3.01. The Kier molecular flexibility index (Phi) is 3.51. The Hall–Kier alpha value is -2.14. The highest BCUT2D eigenvalue weighted by molar-refractivity contribution is 5.99. The quantitative estimate of drug-likeness (QED) is 0.667. The number of nitrogens with zero attached hydrogens (tertiary/aromatic N) is 2. The maximum absolute atomic E-state index is 12.5. The van der Waals surface area contributed by atoms with Gasteiger partial charge in [-0.3, -0.25) is 10.6 Å². The average Bonchev–Trinajstić information content (AvgIpc) is 3.20. The molecule has 0 spiro atoms. The number of aromatic nitrogens is 1. The lowest BCUT2D eigenvalue weighted by Crippen LogP contribution is -2.30. The third-order valence-electron chi connectivity index (χ3n) is 4.22. The largest absolute Gasteiger partial charge is 0.340 e. The van der Waals surface area contributed by atoms with Gasteiger partial charge in [0.2, 0.25) is 0 Å². The van der Waals surface area contributed by atoms with Crippen LogP contribution in [-0.2, 0) is 0 Å². The molecule has 1 aromatic carbocycles. The summed E-state index contributed by atoms with van der Waals surface area (Å²) in [4.78, 5) is 18.7. The van der Waals surface area contributed by atoms with E-state index >= 15 is 0 Å². The molecule has 1 saturated carbocycles. The maximum atomic E-state index is 12.5. The van der Waals surface area contributed by atoms with Crippen molar-refractivity contribution in [1.29, 1.82) is 0 Å². The van der Waals surface area contributed by atoms with Crippen LogP contribution in [0.4, 0.5) is 5.69 Å². The van der Waals surface area contributed by atoms with E-state index in [0.29, 0.717) is 11.6 Å². The number of hydrogen-bond donors (Lipinski definition) is 2. The molecule has 0 saturated heterocycles. The average molecular weight is 284 g/mol. The lowest BCUT2D eigenvalue weighted by molar-refractivity contribution is 0.0781. The zero-order chi connectivity index (χ0) is 15.0. The number of nitrogen functional groups attached to an aromatic ring is 1. The summed E-state index contributed by atoms with van der Waals surface area (Å²) in [5, 5.41) is 0.912. The van der Waals surface area contributed by atoms with E-state index < -0.39 is 0 Å². The van der Waals surface area contributed by atoms with Gasteiger partial charge >= 0.3 is 0 Å². The molecule has 1 aliphatic carbocycles. The summed E-state index contributed by atoms with van der Waals surface area (Å²) < 4.78 is 0. The lowest BCUT2D eigenvalue weighted by atomic mass is 10.1. The van der Waals surface area contributed by atoms with Crippen LogP contribution in [0.3, 0.4) is 0 Å². The molecule has 1 aliphatic rings. The van der Waals surface area contributed by atoms with E-state index in [0.717, 1.165) is 29.1 Å². The molecule has 1 heterocycles. The molecule has 110 valence electrons. The zero-order valence-electron chi connectivity index (χ0n) is 12.3. The van der Waals surface area contributed by atoms with Gasteiger partial charge in [-0.05, 0) is 30.4 Å². The summed E-state index contributed by atoms with van der Waals surface area (Å²) >= 11 is 0. The van der Waals surface area contributed by atoms with Gasteiger partial charge in [-0.15, -0.1) is 0 Å². The minimum atomic E-state index is -0.0589. The van der Waals surface area contributed by atoms with Gasteiger partial charge in [0.05, 0.1) is 11.2 Å². The number of para-hydroxylation sites is 1. The first-order chi connectivity index (χ1) is 10.1. The molecule has 5 heteroatoms. The van der Waals surface area contributed by atoms with Crippen LogP contribution < -0.4 is 11.3 Å². The number of hydrogen-bond acceptors (Lipinski definition) is 4. The van der Waals surface area contributed by atoms with E-state index in [1.807, 2.05) is 31.3 Å². The zero-order valence-corrected chi connectivity index (χ0v) is 12.3. The Labute approximate surface area is 124 Å². The van der Waals surface area contributed by atoms with E-state index in [1.54, 1.807) is 11.0 Å². The van der Waals surface area contributed by atoms with Gasteiger partial charge in [0, 0.05) is 19.0 Å². The van der Waals surface area contributed by atoms with Crippen molar-refractivity contribution in [2.75, 3.05) is 19.0 Å². The van der Waals surface area contributed by atoms with Gasteiger partial charge in [-0.1, -0.05) is 25.1 Å². The number of nitrogens with two attached hydrogens (primary N) is 1. The van der Waals surface area contributed by atoms with E-state index in [9.17, 15) is 4.79 Å². The topological polar surface area (TPSA) is 71.2 Å². The minimum Gasteiger partial charge on any atom is -0.340 e. The number of carbonyl (C=O) groups excluding carboxylic acids is 1. The van der Waals surface area contributed by atoms with Gasteiger partial charge < -0.3 is 10.3 Å². The number of fused-ring (bicyclic) bond motifs is 1. The fourth-order valence-corrected chi connectivity index (χ4v) is 2.69. The van der Waals surface area contributed by atoms with E-state index in [-0.39, 0.29) is 5.91 Å². The van der Waals surface area contributed by atoms with Crippen LogP contribution in [-0.4, -0.2) is 29.4 Å². The Morgan fingerprint density at radius 1 is 1.48 bits per heavy atom. The van der Waals surface area contributed by atoms with Gasteiger partial charge in [-0.25, -0.2) is 4.98 Å². The second-order valence-electron chi connectivity index (χ2n) is 5.88. The molecule has 0 aliphatic heterocycles. The van der Waals surface area contributed by atoms with Crippen molar-refractivity contribution < 1.29 is 4.79 Å². The van der Waals surface area contributed by atoms with Gasteiger partial charge in [0.25, 0.3) is 5.91 Å². The number of benzene rings is 1. The van der Waals surface area contributed by atoms with E-state index in [4.69, 9.17) is 5.84 Å². The van der Waals surface area contributed by atoms with Crippen LogP contribution in [0.15, 0.2) is 30.3 Å². The summed E-state index contributed by atoms with van der Waals surface area (Å²) in [6, 6.07) is 9.36. The number of pyridine rings is 1. The maximum Gasteiger partial charge on any atom is 0.272 e. The van der Waals surface area contributed by atoms with Gasteiger partial charge in [-0.2, -0.15) is 0 Å². The predicted octanol–water partition coefficient (Wildman–Crippen LogP) is 2.25. The standard InChI is InChI=1S/C16H20N4O/c1-10-7-11(10)9-20(2)16(21)15-8-14(19-17)12-5-3-4-6-13(12)18-15/h3-6,8,10-11H,7,9,17H2,1-2H3,(H,18,19). The monoisotopic (exact) mass is 284 g/mol. The Morgan fingerprint density at radius 2 is 2.19 bits per heavy atom. The summed E-state index contributed by atoms with van der Waals surface area (Å²) in [6.07, 6.45) is 1.21. The molecule has 3 N–H and O–H groups in total. The van der Waals surface area contributed by atoms with Crippen LogP contribution in [0, 0.1) is 11.8 Å². The predicted molar refractivity (Wildman–Crippen MR) is 83.8 cm³/mol. The molecule has 1 fully saturated rings. The van der Waals surface area contributed by atoms with Crippen LogP contribution in [0.1, 0.15) is 23.8 Å². The van der Waals surface area contributed by atoms with Crippen LogP contribution in [0.5, 0.6) is 0 Å². The van der Waals surface area contributed by atoms with Gasteiger partial charge in [0.1, 0.15) is 5.69 Å². The molecular weight excluding hydrogens is 264 g/mol. The van der Waals surface area contributed by atoms with Crippen LogP contribution in [0.2, 0.25) is 0 Å². The Bertz CT molecular complexity index is 685.